The normalized spacial score (nSPS) is 31.4. The monoisotopic (exact) mass is 276 g/mol. The molecule has 2 heterocycles. The number of nitrogens with zero attached hydrogens (tertiary/aromatic N) is 1. The quantitative estimate of drug-likeness (QED) is 0.907. The summed E-state index contributed by atoms with van der Waals surface area (Å²) in [5, 5.41) is 3.59. The van der Waals surface area contributed by atoms with Gasteiger partial charge in [0.2, 0.25) is 0 Å². The van der Waals surface area contributed by atoms with E-state index in [0.29, 0.717) is 12.0 Å². The second-order valence-corrected chi connectivity index (χ2v) is 6.37. The van der Waals surface area contributed by atoms with E-state index in [4.69, 9.17) is 0 Å². The van der Waals surface area contributed by atoms with E-state index in [1.54, 1.807) is 6.07 Å². The van der Waals surface area contributed by atoms with Crippen molar-refractivity contribution in [1.29, 1.82) is 0 Å². The fraction of sp³-hybridized carbons (Fsp3) is 0.647. The van der Waals surface area contributed by atoms with Gasteiger partial charge in [-0.25, -0.2) is 4.39 Å². The van der Waals surface area contributed by atoms with E-state index in [1.807, 2.05) is 6.07 Å². The minimum Gasteiger partial charge on any atom is -0.310 e. The average Bonchev–Trinajstić information content (AvgIpc) is 2.66. The molecule has 1 aromatic rings. The summed E-state index contributed by atoms with van der Waals surface area (Å²) >= 11 is 0. The van der Waals surface area contributed by atoms with Gasteiger partial charge in [0.05, 0.1) is 0 Å². The predicted molar refractivity (Wildman–Crippen MR) is 80.1 cm³/mol. The molecule has 110 valence electrons. The summed E-state index contributed by atoms with van der Waals surface area (Å²) in [6.07, 6.45) is 5.14. The molecule has 0 aliphatic carbocycles. The van der Waals surface area contributed by atoms with Gasteiger partial charge in [0, 0.05) is 18.1 Å². The molecule has 2 aliphatic heterocycles. The smallest absolute Gasteiger partial charge is 0.123 e. The number of rotatable bonds is 4. The molecular formula is C17H25FN2. The van der Waals surface area contributed by atoms with Gasteiger partial charge >= 0.3 is 0 Å². The highest BCUT2D eigenvalue weighted by Crippen LogP contribution is 2.42. The number of nitrogens with one attached hydrogen (secondary N) is 1. The van der Waals surface area contributed by atoms with Gasteiger partial charge in [-0.1, -0.05) is 19.1 Å². The third-order valence-electron chi connectivity index (χ3n) is 5.24. The Morgan fingerprint density at radius 3 is 2.60 bits per heavy atom. The Kier molecular flexibility index (Phi) is 4.08. The van der Waals surface area contributed by atoms with E-state index >= 15 is 0 Å². The number of halogens is 1. The van der Waals surface area contributed by atoms with Gasteiger partial charge in [0.15, 0.2) is 0 Å². The summed E-state index contributed by atoms with van der Waals surface area (Å²) in [6, 6.07) is 8.89. The van der Waals surface area contributed by atoms with Crippen molar-refractivity contribution in [2.45, 2.75) is 50.7 Å². The van der Waals surface area contributed by atoms with Crippen LogP contribution in [0.4, 0.5) is 4.39 Å². The first kappa shape index (κ1) is 14.0. The van der Waals surface area contributed by atoms with Crippen LogP contribution in [-0.4, -0.2) is 30.6 Å². The standard InChI is InChI=1S/C17H25FN2/c1-3-19-17(12-5-4-6-14(18)9-12)13-10-15-7-8-16(11-13)20(15)2/h4-6,9,13,15-17,19H,3,7-8,10-11H2,1-2H3. The van der Waals surface area contributed by atoms with E-state index in [9.17, 15) is 4.39 Å². The SMILES string of the molecule is CCNC(c1cccc(F)c1)C1CC2CCC(C1)N2C. The second kappa shape index (κ2) is 5.82. The molecule has 0 radical (unpaired) electrons. The van der Waals surface area contributed by atoms with Crippen LogP contribution in [-0.2, 0) is 0 Å². The summed E-state index contributed by atoms with van der Waals surface area (Å²) < 4.78 is 13.5. The van der Waals surface area contributed by atoms with Crippen LogP contribution in [0.5, 0.6) is 0 Å². The maximum absolute atomic E-state index is 13.5. The lowest BCUT2D eigenvalue weighted by atomic mass is 9.82. The highest BCUT2D eigenvalue weighted by atomic mass is 19.1. The van der Waals surface area contributed by atoms with Gasteiger partial charge in [0.25, 0.3) is 0 Å². The minimum absolute atomic E-state index is 0.124. The average molecular weight is 276 g/mol. The largest absolute Gasteiger partial charge is 0.310 e. The lowest BCUT2D eigenvalue weighted by molar-refractivity contribution is 0.113. The molecule has 3 rings (SSSR count). The summed E-state index contributed by atoms with van der Waals surface area (Å²) in [5.74, 6) is 0.506. The molecule has 2 saturated heterocycles. The van der Waals surface area contributed by atoms with Gasteiger partial charge in [-0.3, -0.25) is 0 Å². The maximum Gasteiger partial charge on any atom is 0.123 e. The third-order valence-corrected chi connectivity index (χ3v) is 5.24. The summed E-state index contributed by atoms with van der Waals surface area (Å²) in [4.78, 5) is 2.56. The highest BCUT2D eigenvalue weighted by molar-refractivity contribution is 5.21. The van der Waals surface area contributed by atoms with Crippen LogP contribution < -0.4 is 5.32 Å². The van der Waals surface area contributed by atoms with Crippen LogP contribution in [0.25, 0.3) is 0 Å². The number of fused-ring (bicyclic) bond motifs is 2. The Morgan fingerprint density at radius 2 is 2.00 bits per heavy atom. The number of hydrogen-bond donors (Lipinski definition) is 1. The van der Waals surface area contributed by atoms with Crippen molar-refractivity contribution in [3.8, 4) is 0 Å². The molecule has 0 saturated carbocycles. The molecule has 1 N–H and O–H groups in total. The highest BCUT2D eigenvalue weighted by Gasteiger charge is 2.41. The molecular weight excluding hydrogens is 251 g/mol. The third kappa shape index (κ3) is 2.61. The fourth-order valence-corrected chi connectivity index (χ4v) is 4.20. The lowest BCUT2D eigenvalue weighted by Gasteiger charge is -2.40. The predicted octanol–water partition coefficient (Wildman–Crippen LogP) is 3.35. The second-order valence-electron chi connectivity index (χ2n) is 6.37. The van der Waals surface area contributed by atoms with Crippen LogP contribution in [0.2, 0.25) is 0 Å². The molecule has 1 aromatic carbocycles. The van der Waals surface area contributed by atoms with E-state index in [-0.39, 0.29) is 5.82 Å². The molecule has 2 nitrogen and oxygen atoms in total. The first-order chi connectivity index (χ1) is 9.69. The molecule has 3 atom stereocenters. The first-order valence-electron chi connectivity index (χ1n) is 7.89. The molecule has 20 heavy (non-hydrogen) atoms. The Balaban J connectivity index is 1.81. The van der Waals surface area contributed by atoms with Crippen molar-refractivity contribution in [3.05, 3.63) is 35.6 Å². The number of piperidine rings is 1. The van der Waals surface area contributed by atoms with Crippen molar-refractivity contribution >= 4 is 0 Å². The zero-order valence-corrected chi connectivity index (χ0v) is 12.5. The van der Waals surface area contributed by atoms with Crippen LogP contribution >= 0.6 is 0 Å². The fourth-order valence-electron chi connectivity index (χ4n) is 4.20. The van der Waals surface area contributed by atoms with Crippen molar-refractivity contribution in [2.24, 2.45) is 5.92 Å². The van der Waals surface area contributed by atoms with E-state index in [0.717, 1.165) is 24.2 Å². The van der Waals surface area contributed by atoms with Gasteiger partial charge in [-0.15, -0.1) is 0 Å². The number of benzene rings is 1. The van der Waals surface area contributed by atoms with Crippen LogP contribution in [0.3, 0.4) is 0 Å². The molecule has 2 fully saturated rings. The maximum atomic E-state index is 13.5. The molecule has 0 amide bonds. The zero-order chi connectivity index (χ0) is 14.1. The molecule has 3 heteroatoms. The van der Waals surface area contributed by atoms with E-state index in [1.165, 1.54) is 31.7 Å². The summed E-state index contributed by atoms with van der Waals surface area (Å²) in [5.41, 5.74) is 1.11. The zero-order valence-electron chi connectivity index (χ0n) is 12.5. The minimum atomic E-state index is -0.124. The Morgan fingerprint density at radius 1 is 1.30 bits per heavy atom. The summed E-state index contributed by atoms with van der Waals surface area (Å²) in [7, 11) is 2.27. The number of hydrogen-bond acceptors (Lipinski definition) is 2. The van der Waals surface area contributed by atoms with Crippen LogP contribution in [0.15, 0.2) is 24.3 Å². The van der Waals surface area contributed by atoms with Gasteiger partial charge < -0.3 is 10.2 Å². The molecule has 3 unspecified atom stereocenters. The van der Waals surface area contributed by atoms with Crippen molar-refractivity contribution < 1.29 is 4.39 Å². The Bertz CT molecular complexity index is 448. The van der Waals surface area contributed by atoms with Gasteiger partial charge in [0.1, 0.15) is 5.82 Å². The molecule has 0 spiro atoms. The van der Waals surface area contributed by atoms with Crippen molar-refractivity contribution in [1.82, 2.24) is 10.2 Å². The Hall–Kier alpha value is -0.930. The van der Waals surface area contributed by atoms with Gasteiger partial charge in [-0.05, 0) is 62.9 Å². The Labute approximate surface area is 121 Å². The van der Waals surface area contributed by atoms with Crippen molar-refractivity contribution in [2.75, 3.05) is 13.6 Å². The summed E-state index contributed by atoms with van der Waals surface area (Å²) in [6.45, 7) is 3.07. The van der Waals surface area contributed by atoms with E-state index < -0.39 is 0 Å². The molecule has 0 aromatic heterocycles. The first-order valence-corrected chi connectivity index (χ1v) is 7.89. The topological polar surface area (TPSA) is 15.3 Å². The molecule has 2 aliphatic rings. The van der Waals surface area contributed by atoms with Gasteiger partial charge in [-0.2, -0.15) is 0 Å². The molecule has 2 bridgehead atoms. The van der Waals surface area contributed by atoms with Crippen LogP contribution in [0, 0.1) is 11.7 Å². The van der Waals surface area contributed by atoms with E-state index in [2.05, 4.69) is 30.3 Å². The van der Waals surface area contributed by atoms with Crippen molar-refractivity contribution in [3.63, 3.8) is 0 Å². The van der Waals surface area contributed by atoms with Crippen LogP contribution in [0.1, 0.15) is 44.2 Å². The lowest BCUT2D eigenvalue weighted by Crippen LogP contribution is -2.43.